The molecule has 1 aromatic heterocycles. The molecule has 3 aliphatic heterocycles. The molecule has 0 aliphatic carbocycles. The van der Waals surface area contributed by atoms with Gasteiger partial charge in [0, 0.05) is 49.2 Å². The van der Waals surface area contributed by atoms with Crippen LogP contribution in [0.4, 0.5) is 0 Å². The highest BCUT2D eigenvalue weighted by Gasteiger charge is 2.31. The van der Waals surface area contributed by atoms with Gasteiger partial charge < -0.3 is 4.90 Å². The van der Waals surface area contributed by atoms with Gasteiger partial charge in [0.15, 0.2) is 5.84 Å². The number of carbonyl (C=O) groups excluding carboxylic acids is 1. The van der Waals surface area contributed by atoms with Crippen molar-refractivity contribution < 1.29 is 4.79 Å². The largest absolute Gasteiger partial charge is 0.316 e. The van der Waals surface area contributed by atoms with E-state index in [1.165, 1.54) is 11.1 Å². The van der Waals surface area contributed by atoms with Crippen LogP contribution in [0.15, 0.2) is 47.9 Å². The average Bonchev–Trinajstić information content (AvgIpc) is 3.08. The number of allylic oxidation sites excluding steroid dienone is 3. The van der Waals surface area contributed by atoms with E-state index in [0.717, 1.165) is 24.4 Å². The molecule has 140 valence electrons. The lowest BCUT2D eigenvalue weighted by Crippen LogP contribution is -2.42. The minimum Gasteiger partial charge on any atom is -0.316 e. The maximum absolute atomic E-state index is 12.5. The van der Waals surface area contributed by atoms with Gasteiger partial charge in [0.2, 0.25) is 5.78 Å². The van der Waals surface area contributed by atoms with E-state index in [0.29, 0.717) is 12.3 Å². The Hall–Kier alpha value is -2.57. The van der Waals surface area contributed by atoms with E-state index in [9.17, 15) is 4.79 Å². The molecular weight excluding hydrogens is 338 g/mol. The van der Waals surface area contributed by atoms with Gasteiger partial charge in [0.1, 0.15) is 0 Å². The third-order valence-corrected chi connectivity index (χ3v) is 5.46. The number of Topliss-reactive ketones (excluding diaryl/α,β-unsaturated/α-hetero) is 1. The summed E-state index contributed by atoms with van der Waals surface area (Å²) in [5.41, 5.74) is 4.36. The molecule has 0 amide bonds. The first-order chi connectivity index (χ1) is 13.1. The molecule has 27 heavy (non-hydrogen) atoms. The molecule has 6 nitrogen and oxygen atoms in total. The number of nitrogens with zero attached hydrogens (tertiary/aromatic N) is 4. The molecular formula is C21H25N5O. The fourth-order valence-corrected chi connectivity index (χ4v) is 3.95. The molecule has 0 aromatic carbocycles. The third-order valence-electron chi connectivity index (χ3n) is 5.46. The summed E-state index contributed by atoms with van der Waals surface area (Å²) in [7, 11) is 2.12. The smallest absolute Gasteiger partial charge is 0.202 e. The zero-order chi connectivity index (χ0) is 19.0. The molecule has 0 spiro atoms. The SMILES string of the molecule is Cc1c(C2=CC=CC(C)N2C2=NC=CCC2=O)cncc1C1NCCN1C. The second kappa shape index (κ2) is 7.21. The van der Waals surface area contributed by atoms with Crippen molar-refractivity contribution in [3.8, 4) is 0 Å². The minimum atomic E-state index is 0.0458. The number of carbonyl (C=O) groups is 1. The predicted octanol–water partition coefficient (Wildman–Crippen LogP) is 2.41. The quantitative estimate of drug-likeness (QED) is 0.874. The molecule has 1 fully saturated rings. The first kappa shape index (κ1) is 17.8. The van der Waals surface area contributed by atoms with Crippen molar-refractivity contribution in [1.29, 1.82) is 0 Å². The van der Waals surface area contributed by atoms with E-state index in [-0.39, 0.29) is 18.0 Å². The Kier molecular flexibility index (Phi) is 4.76. The van der Waals surface area contributed by atoms with Crippen LogP contribution in [0.3, 0.4) is 0 Å². The Morgan fingerprint density at radius 1 is 1.30 bits per heavy atom. The minimum absolute atomic E-state index is 0.0458. The van der Waals surface area contributed by atoms with Crippen LogP contribution in [0.5, 0.6) is 0 Å². The Labute approximate surface area is 160 Å². The number of hydrogen-bond donors (Lipinski definition) is 1. The maximum atomic E-state index is 12.5. The van der Waals surface area contributed by atoms with Crippen molar-refractivity contribution in [2.45, 2.75) is 32.5 Å². The van der Waals surface area contributed by atoms with Crippen molar-refractivity contribution in [3.05, 3.63) is 59.6 Å². The van der Waals surface area contributed by atoms with Gasteiger partial charge in [-0.1, -0.05) is 18.2 Å². The van der Waals surface area contributed by atoms with Crippen LogP contribution in [0, 0.1) is 6.92 Å². The summed E-state index contributed by atoms with van der Waals surface area (Å²) in [6.45, 7) is 6.20. The second-order valence-corrected chi connectivity index (χ2v) is 7.25. The Bertz CT molecular complexity index is 883. The highest BCUT2D eigenvalue weighted by atomic mass is 16.1. The zero-order valence-corrected chi connectivity index (χ0v) is 16.0. The molecule has 4 heterocycles. The van der Waals surface area contributed by atoms with Crippen molar-refractivity contribution in [2.24, 2.45) is 4.99 Å². The number of aliphatic imine (C=N–C) groups is 1. The van der Waals surface area contributed by atoms with Gasteiger partial charge in [0.05, 0.1) is 17.9 Å². The van der Waals surface area contributed by atoms with Crippen molar-refractivity contribution >= 4 is 17.3 Å². The fraction of sp³-hybridized carbons (Fsp3) is 0.381. The number of nitrogens with one attached hydrogen (secondary N) is 1. The van der Waals surface area contributed by atoms with Crippen molar-refractivity contribution in [2.75, 3.05) is 20.1 Å². The van der Waals surface area contributed by atoms with Crippen LogP contribution in [-0.2, 0) is 4.79 Å². The first-order valence-corrected chi connectivity index (χ1v) is 9.40. The Morgan fingerprint density at radius 2 is 2.15 bits per heavy atom. The summed E-state index contributed by atoms with van der Waals surface area (Å²) in [5.74, 6) is 0.547. The molecule has 0 radical (unpaired) electrons. The first-order valence-electron chi connectivity index (χ1n) is 9.40. The molecule has 2 unspecified atom stereocenters. The van der Waals surface area contributed by atoms with Crippen molar-refractivity contribution in [1.82, 2.24) is 20.1 Å². The lowest BCUT2D eigenvalue weighted by Gasteiger charge is -2.35. The number of aromatic nitrogens is 1. The molecule has 3 aliphatic rings. The van der Waals surface area contributed by atoms with Gasteiger partial charge in [0.25, 0.3) is 0 Å². The van der Waals surface area contributed by atoms with Crippen LogP contribution in [0.1, 0.15) is 36.2 Å². The number of hydrogen-bond acceptors (Lipinski definition) is 6. The number of rotatable bonds is 2. The van der Waals surface area contributed by atoms with E-state index in [1.54, 1.807) is 12.3 Å². The zero-order valence-electron chi connectivity index (χ0n) is 16.0. The number of amidine groups is 1. The van der Waals surface area contributed by atoms with E-state index in [1.807, 2.05) is 29.4 Å². The Morgan fingerprint density at radius 3 is 2.89 bits per heavy atom. The van der Waals surface area contributed by atoms with Crippen LogP contribution >= 0.6 is 0 Å². The van der Waals surface area contributed by atoms with Gasteiger partial charge in [-0.05, 0) is 32.5 Å². The summed E-state index contributed by atoms with van der Waals surface area (Å²) < 4.78 is 0. The highest BCUT2D eigenvalue weighted by molar-refractivity contribution is 6.41. The van der Waals surface area contributed by atoms with Gasteiger partial charge in [-0.3, -0.25) is 20.0 Å². The summed E-state index contributed by atoms with van der Waals surface area (Å²) in [6.07, 6.45) is 14.1. The highest BCUT2D eigenvalue weighted by Crippen LogP contribution is 2.32. The topological polar surface area (TPSA) is 60.8 Å². The maximum Gasteiger partial charge on any atom is 0.202 e. The average molecular weight is 363 g/mol. The molecule has 1 N–H and O–H groups in total. The van der Waals surface area contributed by atoms with E-state index in [2.05, 4.69) is 47.2 Å². The van der Waals surface area contributed by atoms with Gasteiger partial charge >= 0.3 is 0 Å². The normalized spacial score (nSPS) is 25.7. The number of likely N-dealkylation sites (N-methyl/N-ethyl adjacent to an activating group) is 1. The van der Waals surface area contributed by atoms with E-state index in [4.69, 9.17) is 0 Å². The van der Waals surface area contributed by atoms with E-state index >= 15 is 0 Å². The predicted molar refractivity (Wildman–Crippen MR) is 107 cm³/mol. The van der Waals surface area contributed by atoms with Crippen LogP contribution < -0.4 is 5.32 Å². The lowest BCUT2D eigenvalue weighted by molar-refractivity contribution is -0.112. The van der Waals surface area contributed by atoms with Crippen LogP contribution in [0.2, 0.25) is 0 Å². The molecule has 6 heteroatoms. The van der Waals surface area contributed by atoms with E-state index < -0.39 is 0 Å². The van der Waals surface area contributed by atoms with Crippen LogP contribution in [-0.4, -0.2) is 52.6 Å². The third kappa shape index (κ3) is 3.15. The molecule has 1 aromatic rings. The van der Waals surface area contributed by atoms with Gasteiger partial charge in [-0.2, -0.15) is 0 Å². The molecule has 0 bridgehead atoms. The van der Waals surface area contributed by atoms with Gasteiger partial charge in [-0.15, -0.1) is 0 Å². The number of pyridine rings is 1. The second-order valence-electron chi connectivity index (χ2n) is 7.25. The summed E-state index contributed by atoms with van der Waals surface area (Å²) in [6, 6.07) is 0.0505. The summed E-state index contributed by atoms with van der Waals surface area (Å²) in [5, 5.41) is 3.54. The standard InChI is InChI=1S/C21H25N5O/c1-14-6-4-7-18(26(14)21-19(27)8-5-9-23-21)16-12-22-13-17(15(16)2)20-24-10-11-25(20)3/h4-7,9,12-14,20,24H,8,10-11H2,1-3H3. The molecule has 2 atom stereocenters. The lowest BCUT2D eigenvalue weighted by atomic mass is 9.97. The molecule has 4 rings (SSSR count). The summed E-state index contributed by atoms with van der Waals surface area (Å²) >= 11 is 0. The Balaban J connectivity index is 1.78. The fourth-order valence-electron chi connectivity index (χ4n) is 3.95. The van der Waals surface area contributed by atoms with Gasteiger partial charge in [-0.25, -0.2) is 4.99 Å². The van der Waals surface area contributed by atoms with Crippen molar-refractivity contribution in [3.63, 3.8) is 0 Å². The van der Waals surface area contributed by atoms with Crippen LogP contribution in [0.25, 0.3) is 5.70 Å². The molecule has 1 saturated heterocycles. The molecule has 0 saturated carbocycles. The monoisotopic (exact) mass is 363 g/mol. The summed E-state index contributed by atoms with van der Waals surface area (Å²) in [4.78, 5) is 25.8. The number of ketones is 1.